The molecule has 2 aromatic rings. The van der Waals surface area contributed by atoms with E-state index in [-0.39, 0.29) is 5.91 Å². The Bertz CT molecular complexity index is 739. The van der Waals surface area contributed by atoms with E-state index in [0.29, 0.717) is 23.8 Å². The molecule has 0 unspecified atom stereocenters. The van der Waals surface area contributed by atoms with E-state index in [1.807, 2.05) is 41.3 Å². The standard InChI is InChI=1S/C21H26N4O/c22-21(25-15-6-7-16-25)24-19-13-5-4-12-18(19)20(26)23-14-8-11-17-9-2-1-3-10-17/h1-5,9-10,12-13H,6-8,11,14-16H2,(H2,22,24)(H,23,26). The molecule has 0 bridgehead atoms. The summed E-state index contributed by atoms with van der Waals surface area (Å²) in [4.78, 5) is 14.6. The fraction of sp³-hybridized carbons (Fsp3) is 0.333. The minimum absolute atomic E-state index is 0.101. The van der Waals surface area contributed by atoms with Gasteiger partial charge >= 0.3 is 0 Å². The number of hydrogen-bond acceptors (Lipinski definition) is 2. The number of guanidine groups is 1. The van der Waals surface area contributed by atoms with Gasteiger partial charge in [-0.2, -0.15) is 0 Å². The second kappa shape index (κ2) is 9.04. The van der Waals surface area contributed by atoms with Crippen LogP contribution >= 0.6 is 0 Å². The summed E-state index contributed by atoms with van der Waals surface area (Å²) in [7, 11) is 0. The summed E-state index contributed by atoms with van der Waals surface area (Å²) >= 11 is 0. The van der Waals surface area contributed by atoms with Crippen LogP contribution in [-0.2, 0) is 6.42 Å². The van der Waals surface area contributed by atoms with Crippen LogP contribution in [0, 0.1) is 5.41 Å². The summed E-state index contributed by atoms with van der Waals surface area (Å²) in [6.07, 6.45) is 4.08. The molecule has 2 aromatic carbocycles. The zero-order valence-corrected chi connectivity index (χ0v) is 15.0. The van der Waals surface area contributed by atoms with Gasteiger partial charge in [0.15, 0.2) is 5.96 Å². The Hall–Kier alpha value is -2.82. The first kappa shape index (κ1) is 18.0. The minimum atomic E-state index is -0.101. The lowest BCUT2D eigenvalue weighted by Crippen LogP contribution is -2.34. The van der Waals surface area contributed by atoms with Gasteiger partial charge in [-0.3, -0.25) is 10.2 Å². The van der Waals surface area contributed by atoms with Gasteiger partial charge < -0.3 is 15.5 Å². The van der Waals surface area contributed by atoms with Crippen LogP contribution in [0.25, 0.3) is 0 Å². The van der Waals surface area contributed by atoms with Crippen molar-refractivity contribution in [1.82, 2.24) is 10.2 Å². The molecule has 1 aliphatic rings. The van der Waals surface area contributed by atoms with Gasteiger partial charge in [-0.15, -0.1) is 0 Å². The van der Waals surface area contributed by atoms with Crippen molar-refractivity contribution in [2.75, 3.05) is 25.0 Å². The lowest BCUT2D eigenvalue weighted by molar-refractivity contribution is 0.0954. The molecule has 5 nitrogen and oxygen atoms in total. The van der Waals surface area contributed by atoms with Crippen molar-refractivity contribution in [3.63, 3.8) is 0 Å². The first-order chi connectivity index (χ1) is 12.7. The first-order valence-electron chi connectivity index (χ1n) is 9.26. The molecular weight excluding hydrogens is 324 g/mol. The van der Waals surface area contributed by atoms with Gasteiger partial charge in [-0.25, -0.2) is 0 Å². The molecule has 0 aliphatic carbocycles. The number of likely N-dealkylation sites (tertiary alicyclic amines) is 1. The van der Waals surface area contributed by atoms with E-state index in [1.54, 1.807) is 6.07 Å². The third kappa shape index (κ3) is 4.85. The van der Waals surface area contributed by atoms with Crippen LogP contribution < -0.4 is 10.6 Å². The zero-order chi connectivity index (χ0) is 18.2. The summed E-state index contributed by atoms with van der Waals surface area (Å²) in [6, 6.07) is 17.7. The van der Waals surface area contributed by atoms with Crippen LogP contribution in [0.4, 0.5) is 5.69 Å². The maximum absolute atomic E-state index is 12.5. The van der Waals surface area contributed by atoms with E-state index in [4.69, 9.17) is 5.41 Å². The number of anilines is 1. The van der Waals surface area contributed by atoms with Crippen molar-refractivity contribution in [3.05, 3.63) is 65.7 Å². The Morgan fingerprint density at radius 2 is 1.69 bits per heavy atom. The van der Waals surface area contributed by atoms with Crippen molar-refractivity contribution in [2.24, 2.45) is 0 Å². The van der Waals surface area contributed by atoms with E-state index >= 15 is 0 Å². The lowest BCUT2D eigenvalue weighted by Gasteiger charge is -2.20. The number of amides is 1. The lowest BCUT2D eigenvalue weighted by atomic mass is 10.1. The normalized spacial score (nSPS) is 13.5. The van der Waals surface area contributed by atoms with Gasteiger partial charge in [0.05, 0.1) is 11.3 Å². The van der Waals surface area contributed by atoms with Gasteiger partial charge in [0.2, 0.25) is 0 Å². The molecule has 0 radical (unpaired) electrons. The van der Waals surface area contributed by atoms with Crippen molar-refractivity contribution < 1.29 is 4.79 Å². The molecule has 0 spiro atoms. The molecule has 136 valence electrons. The topological polar surface area (TPSA) is 68.2 Å². The molecule has 0 saturated carbocycles. The Kier molecular flexibility index (Phi) is 6.25. The largest absolute Gasteiger partial charge is 0.352 e. The number of nitrogens with one attached hydrogen (secondary N) is 3. The SMILES string of the molecule is N=C(Nc1ccccc1C(=O)NCCCc1ccccc1)N1CCCC1. The van der Waals surface area contributed by atoms with Crippen LogP contribution in [0.2, 0.25) is 0 Å². The molecule has 1 heterocycles. The highest BCUT2D eigenvalue weighted by atomic mass is 16.1. The number of para-hydroxylation sites is 1. The molecule has 3 rings (SSSR count). The van der Waals surface area contributed by atoms with Gasteiger partial charge in [-0.1, -0.05) is 42.5 Å². The second-order valence-corrected chi connectivity index (χ2v) is 6.56. The second-order valence-electron chi connectivity index (χ2n) is 6.56. The average Bonchev–Trinajstić information content (AvgIpc) is 3.21. The average molecular weight is 350 g/mol. The molecular formula is C21H26N4O. The number of nitrogens with zero attached hydrogens (tertiary/aromatic N) is 1. The summed E-state index contributed by atoms with van der Waals surface area (Å²) in [5.41, 5.74) is 2.55. The molecule has 1 amide bonds. The molecule has 5 heteroatoms. The zero-order valence-electron chi connectivity index (χ0n) is 15.0. The van der Waals surface area contributed by atoms with Crippen molar-refractivity contribution in [3.8, 4) is 0 Å². The predicted octanol–water partition coefficient (Wildman–Crippen LogP) is 3.49. The number of benzene rings is 2. The Morgan fingerprint density at radius 1 is 1.00 bits per heavy atom. The fourth-order valence-corrected chi connectivity index (χ4v) is 3.17. The molecule has 0 atom stereocenters. The number of hydrogen-bond donors (Lipinski definition) is 3. The molecule has 26 heavy (non-hydrogen) atoms. The van der Waals surface area contributed by atoms with E-state index in [2.05, 4.69) is 22.8 Å². The maximum atomic E-state index is 12.5. The molecule has 0 aromatic heterocycles. The van der Waals surface area contributed by atoms with Crippen molar-refractivity contribution in [1.29, 1.82) is 5.41 Å². The van der Waals surface area contributed by atoms with Crippen molar-refractivity contribution >= 4 is 17.6 Å². The summed E-state index contributed by atoms with van der Waals surface area (Å²) in [5, 5.41) is 14.3. The Balaban J connectivity index is 1.52. The monoisotopic (exact) mass is 350 g/mol. The predicted molar refractivity (Wildman–Crippen MR) is 106 cm³/mol. The van der Waals surface area contributed by atoms with Gasteiger partial charge in [-0.05, 0) is 43.4 Å². The first-order valence-corrected chi connectivity index (χ1v) is 9.26. The fourth-order valence-electron chi connectivity index (χ4n) is 3.17. The minimum Gasteiger partial charge on any atom is -0.352 e. The van der Waals surface area contributed by atoms with E-state index < -0.39 is 0 Å². The highest BCUT2D eigenvalue weighted by Crippen LogP contribution is 2.17. The van der Waals surface area contributed by atoms with Gasteiger partial charge in [0.1, 0.15) is 0 Å². The molecule has 1 saturated heterocycles. The highest BCUT2D eigenvalue weighted by molar-refractivity contribution is 6.03. The maximum Gasteiger partial charge on any atom is 0.253 e. The molecule has 3 N–H and O–H groups in total. The highest BCUT2D eigenvalue weighted by Gasteiger charge is 2.17. The van der Waals surface area contributed by atoms with Crippen LogP contribution in [0.3, 0.4) is 0 Å². The number of carbonyl (C=O) groups is 1. The summed E-state index contributed by atoms with van der Waals surface area (Å²) < 4.78 is 0. The molecule has 1 fully saturated rings. The third-order valence-corrected chi connectivity index (χ3v) is 4.62. The van der Waals surface area contributed by atoms with Crippen molar-refractivity contribution in [2.45, 2.75) is 25.7 Å². The quantitative estimate of drug-likeness (QED) is 0.424. The summed E-state index contributed by atoms with van der Waals surface area (Å²) in [5.74, 6) is 0.266. The van der Waals surface area contributed by atoms with Crippen LogP contribution in [-0.4, -0.2) is 36.4 Å². The number of aryl methyl sites for hydroxylation is 1. The van der Waals surface area contributed by atoms with Gasteiger partial charge in [0, 0.05) is 19.6 Å². The van der Waals surface area contributed by atoms with Crippen LogP contribution in [0.15, 0.2) is 54.6 Å². The third-order valence-electron chi connectivity index (χ3n) is 4.62. The van der Waals surface area contributed by atoms with Gasteiger partial charge in [0.25, 0.3) is 5.91 Å². The molecule has 1 aliphatic heterocycles. The van der Waals surface area contributed by atoms with Crippen LogP contribution in [0.5, 0.6) is 0 Å². The summed E-state index contributed by atoms with van der Waals surface area (Å²) in [6.45, 7) is 2.44. The Morgan fingerprint density at radius 3 is 2.46 bits per heavy atom. The van der Waals surface area contributed by atoms with E-state index in [9.17, 15) is 4.79 Å². The Labute approximate surface area is 154 Å². The smallest absolute Gasteiger partial charge is 0.253 e. The number of carbonyl (C=O) groups excluding carboxylic acids is 1. The van der Waals surface area contributed by atoms with E-state index in [1.165, 1.54) is 5.56 Å². The van der Waals surface area contributed by atoms with E-state index in [0.717, 1.165) is 38.8 Å². The van der Waals surface area contributed by atoms with Crippen LogP contribution in [0.1, 0.15) is 35.2 Å². The number of rotatable bonds is 6.